The number of aromatic nitrogens is 2. The lowest BCUT2D eigenvalue weighted by Crippen LogP contribution is -2.27. The van der Waals surface area contributed by atoms with Gasteiger partial charge in [-0.05, 0) is 37.6 Å². The SMILES string of the molecule is C/C=C/c1nn(-c2ccccc2)c(OC)c1C(=O)N(C)Cc1ccc(C)cc1. The standard InChI is InChI=1S/C23H25N3O2/c1-5-9-20-21(22(27)25(3)16-18-14-12-17(2)13-15-18)23(28-4)26(24-20)19-10-7-6-8-11-19/h5-15H,16H2,1-4H3/b9-5+. The molecule has 1 aromatic heterocycles. The maximum Gasteiger partial charge on any atom is 0.261 e. The average molecular weight is 375 g/mol. The number of carbonyl (C=O) groups is 1. The van der Waals surface area contributed by atoms with Gasteiger partial charge in [0, 0.05) is 13.6 Å². The van der Waals surface area contributed by atoms with Crippen molar-refractivity contribution in [2.24, 2.45) is 0 Å². The van der Waals surface area contributed by atoms with E-state index in [1.807, 2.05) is 80.6 Å². The average Bonchev–Trinajstić information content (AvgIpc) is 3.08. The van der Waals surface area contributed by atoms with Crippen molar-refractivity contribution in [1.82, 2.24) is 14.7 Å². The summed E-state index contributed by atoms with van der Waals surface area (Å²) in [6.07, 6.45) is 3.70. The fraction of sp³-hybridized carbons (Fsp3) is 0.217. The third-order valence-corrected chi connectivity index (χ3v) is 4.49. The highest BCUT2D eigenvalue weighted by molar-refractivity contribution is 5.99. The molecule has 0 spiro atoms. The molecule has 0 atom stereocenters. The number of carbonyl (C=O) groups excluding carboxylic acids is 1. The van der Waals surface area contributed by atoms with E-state index in [-0.39, 0.29) is 5.91 Å². The van der Waals surface area contributed by atoms with Crippen LogP contribution in [0.5, 0.6) is 5.88 Å². The van der Waals surface area contributed by atoms with Crippen LogP contribution in [0.15, 0.2) is 60.7 Å². The monoisotopic (exact) mass is 375 g/mol. The summed E-state index contributed by atoms with van der Waals surface area (Å²) in [4.78, 5) is 15.0. The Labute approximate surface area is 165 Å². The van der Waals surface area contributed by atoms with Gasteiger partial charge in [0.15, 0.2) is 0 Å². The van der Waals surface area contributed by atoms with Crippen molar-refractivity contribution >= 4 is 12.0 Å². The molecule has 0 saturated heterocycles. The zero-order valence-electron chi connectivity index (χ0n) is 16.7. The summed E-state index contributed by atoms with van der Waals surface area (Å²) in [5.74, 6) is 0.299. The van der Waals surface area contributed by atoms with E-state index in [2.05, 4.69) is 5.10 Å². The summed E-state index contributed by atoms with van der Waals surface area (Å²) in [7, 11) is 3.35. The van der Waals surface area contributed by atoms with Gasteiger partial charge in [0.2, 0.25) is 5.88 Å². The molecule has 1 amide bonds. The van der Waals surface area contributed by atoms with Crippen LogP contribution in [0, 0.1) is 6.92 Å². The van der Waals surface area contributed by atoms with Crippen molar-refractivity contribution < 1.29 is 9.53 Å². The van der Waals surface area contributed by atoms with Gasteiger partial charge in [-0.2, -0.15) is 9.78 Å². The van der Waals surface area contributed by atoms with Crippen LogP contribution in [0.2, 0.25) is 0 Å². The molecule has 3 rings (SSSR count). The molecule has 1 heterocycles. The van der Waals surface area contributed by atoms with Crippen molar-refractivity contribution in [3.63, 3.8) is 0 Å². The van der Waals surface area contributed by atoms with E-state index in [0.717, 1.165) is 11.3 Å². The Morgan fingerprint density at radius 1 is 1.14 bits per heavy atom. The van der Waals surface area contributed by atoms with E-state index in [1.54, 1.807) is 23.7 Å². The number of nitrogens with zero attached hydrogens (tertiary/aromatic N) is 3. The van der Waals surface area contributed by atoms with Crippen molar-refractivity contribution in [3.8, 4) is 11.6 Å². The minimum Gasteiger partial charge on any atom is -0.480 e. The summed E-state index contributed by atoms with van der Waals surface area (Å²) < 4.78 is 7.28. The topological polar surface area (TPSA) is 47.4 Å². The van der Waals surface area contributed by atoms with Crippen LogP contribution in [0.1, 0.15) is 34.1 Å². The molecule has 0 N–H and O–H groups in total. The van der Waals surface area contributed by atoms with E-state index < -0.39 is 0 Å². The first-order chi connectivity index (χ1) is 13.5. The van der Waals surface area contributed by atoms with E-state index >= 15 is 0 Å². The zero-order valence-corrected chi connectivity index (χ0v) is 16.7. The maximum absolute atomic E-state index is 13.3. The molecule has 2 aromatic carbocycles. The van der Waals surface area contributed by atoms with Crippen molar-refractivity contribution in [2.75, 3.05) is 14.2 Å². The first kappa shape index (κ1) is 19.4. The van der Waals surface area contributed by atoms with Gasteiger partial charge in [-0.15, -0.1) is 0 Å². The van der Waals surface area contributed by atoms with E-state index in [0.29, 0.717) is 23.7 Å². The quantitative estimate of drug-likeness (QED) is 0.637. The van der Waals surface area contributed by atoms with Crippen LogP contribution in [-0.2, 0) is 6.54 Å². The van der Waals surface area contributed by atoms with Crippen LogP contribution in [-0.4, -0.2) is 34.7 Å². The minimum atomic E-state index is -0.132. The smallest absolute Gasteiger partial charge is 0.261 e. The fourth-order valence-corrected chi connectivity index (χ4v) is 3.06. The van der Waals surface area contributed by atoms with Gasteiger partial charge in [0.1, 0.15) is 11.3 Å². The normalized spacial score (nSPS) is 11.0. The van der Waals surface area contributed by atoms with Crippen molar-refractivity contribution in [2.45, 2.75) is 20.4 Å². The highest BCUT2D eigenvalue weighted by Crippen LogP contribution is 2.28. The number of para-hydroxylation sites is 1. The molecule has 0 aliphatic heterocycles. The Bertz CT molecular complexity index is 973. The van der Waals surface area contributed by atoms with Crippen LogP contribution in [0.3, 0.4) is 0 Å². The Morgan fingerprint density at radius 2 is 1.82 bits per heavy atom. The molecule has 0 unspecified atom stereocenters. The molecule has 0 fully saturated rings. The minimum absolute atomic E-state index is 0.132. The van der Waals surface area contributed by atoms with E-state index in [9.17, 15) is 4.79 Å². The number of aryl methyl sites for hydroxylation is 1. The number of allylic oxidation sites excluding steroid dienone is 1. The van der Waals surface area contributed by atoms with Gasteiger partial charge in [-0.25, -0.2) is 0 Å². The molecular weight excluding hydrogens is 350 g/mol. The second kappa shape index (κ2) is 8.57. The Kier molecular flexibility index (Phi) is 5.94. The lowest BCUT2D eigenvalue weighted by molar-refractivity contribution is 0.0781. The summed E-state index contributed by atoms with van der Waals surface area (Å²) in [6, 6.07) is 17.8. The Hall–Kier alpha value is -3.34. The third kappa shape index (κ3) is 3.98. The lowest BCUT2D eigenvalue weighted by atomic mass is 10.1. The van der Waals surface area contributed by atoms with E-state index in [1.165, 1.54) is 5.56 Å². The number of rotatable bonds is 6. The van der Waals surface area contributed by atoms with Crippen LogP contribution in [0.25, 0.3) is 11.8 Å². The lowest BCUT2D eigenvalue weighted by Gasteiger charge is -2.18. The number of hydrogen-bond donors (Lipinski definition) is 0. The molecule has 5 nitrogen and oxygen atoms in total. The Morgan fingerprint density at radius 3 is 2.43 bits per heavy atom. The summed E-state index contributed by atoms with van der Waals surface area (Å²) >= 11 is 0. The number of hydrogen-bond acceptors (Lipinski definition) is 3. The van der Waals surface area contributed by atoms with Gasteiger partial charge in [0.25, 0.3) is 5.91 Å². The number of ether oxygens (including phenoxy) is 1. The van der Waals surface area contributed by atoms with Gasteiger partial charge in [-0.3, -0.25) is 4.79 Å². The largest absolute Gasteiger partial charge is 0.480 e. The summed E-state index contributed by atoms with van der Waals surface area (Å²) in [5, 5.41) is 4.62. The maximum atomic E-state index is 13.3. The molecule has 28 heavy (non-hydrogen) atoms. The molecule has 0 aliphatic carbocycles. The van der Waals surface area contributed by atoms with Crippen LogP contribution in [0.4, 0.5) is 0 Å². The van der Waals surface area contributed by atoms with Gasteiger partial charge >= 0.3 is 0 Å². The second-order valence-corrected chi connectivity index (χ2v) is 6.66. The first-order valence-electron chi connectivity index (χ1n) is 9.21. The van der Waals surface area contributed by atoms with E-state index in [4.69, 9.17) is 4.74 Å². The molecule has 0 radical (unpaired) electrons. The molecule has 0 aliphatic rings. The van der Waals surface area contributed by atoms with Crippen molar-refractivity contribution in [3.05, 3.63) is 83.1 Å². The number of benzene rings is 2. The fourth-order valence-electron chi connectivity index (χ4n) is 3.06. The molecule has 0 bridgehead atoms. The zero-order chi connectivity index (χ0) is 20.1. The molecule has 0 saturated carbocycles. The summed E-state index contributed by atoms with van der Waals surface area (Å²) in [5.41, 5.74) is 4.15. The third-order valence-electron chi connectivity index (χ3n) is 4.49. The number of amides is 1. The predicted octanol–water partition coefficient (Wildman–Crippen LogP) is 4.49. The van der Waals surface area contributed by atoms with Gasteiger partial charge in [-0.1, -0.05) is 54.1 Å². The molecule has 144 valence electrons. The van der Waals surface area contributed by atoms with Gasteiger partial charge < -0.3 is 9.64 Å². The Balaban J connectivity index is 2.00. The number of methoxy groups -OCH3 is 1. The molecular formula is C23H25N3O2. The first-order valence-corrected chi connectivity index (χ1v) is 9.21. The highest BCUT2D eigenvalue weighted by atomic mass is 16.5. The van der Waals surface area contributed by atoms with Crippen molar-refractivity contribution in [1.29, 1.82) is 0 Å². The van der Waals surface area contributed by atoms with Crippen LogP contribution < -0.4 is 4.74 Å². The predicted molar refractivity (Wildman–Crippen MR) is 112 cm³/mol. The second-order valence-electron chi connectivity index (χ2n) is 6.66. The van der Waals surface area contributed by atoms with Crippen LogP contribution >= 0.6 is 0 Å². The summed E-state index contributed by atoms with van der Waals surface area (Å²) in [6.45, 7) is 4.46. The molecule has 3 aromatic rings. The molecule has 5 heteroatoms. The van der Waals surface area contributed by atoms with Gasteiger partial charge in [0.05, 0.1) is 12.8 Å². The highest BCUT2D eigenvalue weighted by Gasteiger charge is 2.26.